The van der Waals surface area contributed by atoms with Crippen molar-refractivity contribution in [3.63, 3.8) is 0 Å². The highest BCUT2D eigenvalue weighted by molar-refractivity contribution is 5.89. The summed E-state index contributed by atoms with van der Waals surface area (Å²) in [5.74, 6) is -0.398. The highest BCUT2D eigenvalue weighted by Crippen LogP contribution is 2.36. The van der Waals surface area contributed by atoms with Crippen molar-refractivity contribution in [2.45, 2.75) is 44.1 Å². The van der Waals surface area contributed by atoms with Crippen molar-refractivity contribution in [1.29, 1.82) is 0 Å². The topological polar surface area (TPSA) is 87.5 Å². The van der Waals surface area contributed by atoms with E-state index in [1.54, 1.807) is 35.9 Å². The Morgan fingerprint density at radius 2 is 2.10 bits per heavy atom. The summed E-state index contributed by atoms with van der Waals surface area (Å²) in [4.78, 5) is 25.1. The molecule has 2 amide bonds. The Kier molecular flexibility index (Phi) is 4.50. The zero-order chi connectivity index (χ0) is 15.5. The lowest BCUT2D eigenvalue weighted by Gasteiger charge is -2.43. The number of aromatic nitrogens is 2. The minimum Gasteiger partial charge on any atom is -0.481 e. The maximum absolute atomic E-state index is 12.4. The maximum Gasteiger partial charge on any atom is 0.323 e. The summed E-state index contributed by atoms with van der Waals surface area (Å²) in [5, 5.41) is 16.0. The second-order valence-electron chi connectivity index (χ2n) is 5.72. The van der Waals surface area contributed by atoms with Gasteiger partial charge in [0, 0.05) is 26.4 Å². The first-order chi connectivity index (χ1) is 9.93. The van der Waals surface area contributed by atoms with Crippen molar-refractivity contribution in [2.24, 2.45) is 7.05 Å². The molecule has 1 aromatic rings. The molecule has 7 nitrogen and oxygen atoms in total. The number of urea groups is 1. The van der Waals surface area contributed by atoms with Crippen LogP contribution in [0.25, 0.3) is 0 Å². The number of nitrogens with zero attached hydrogens (tertiary/aromatic N) is 3. The van der Waals surface area contributed by atoms with Crippen LogP contribution in [0.4, 0.5) is 10.6 Å². The van der Waals surface area contributed by atoms with E-state index in [9.17, 15) is 14.7 Å². The Balaban J connectivity index is 2.11. The van der Waals surface area contributed by atoms with Crippen molar-refractivity contribution in [3.8, 4) is 0 Å². The van der Waals surface area contributed by atoms with E-state index in [4.69, 9.17) is 0 Å². The van der Waals surface area contributed by atoms with Crippen molar-refractivity contribution in [1.82, 2.24) is 14.7 Å². The fourth-order valence-corrected chi connectivity index (χ4v) is 3.01. The number of hydrogen-bond donors (Lipinski definition) is 2. The number of hydrogen-bond acceptors (Lipinski definition) is 3. The first kappa shape index (κ1) is 15.3. The summed E-state index contributed by atoms with van der Waals surface area (Å²) < 4.78 is 1.60. The average molecular weight is 294 g/mol. The highest BCUT2D eigenvalue weighted by Gasteiger charge is 2.40. The van der Waals surface area contributed by atoms with Crippen LogP contribution in [0, 0.1) is 0 Å². The van der Waals surface area contributed by atoms with Crippen molar-refractivity contribution < 1.29 is 14.7 Å². The van der Waals surface area contributed by atoms with E-state index >= 15 is 0 Å². The number of carboxylic acids is 1. The number of carbonyl (C=O) groups excluding carboxylic acids is 1. The van der Waals surface area contributed by atoms with Crippen LogP contribution in [0.2, 0.25) is 0 Å². The van der Waals surface area contributed by atoms with Crippen molar-refractivity contribution >= 4 is 17.8 Å². The van der Waals surface area contributed by atoms with E-state index in [0.717, 1.165) is 32.1 Å². The van der Waals surface area contributed by atoms with Crippen LogP contribution >= 0.6 is 0 Å². The van der Waals surface area contributed by atoms with Gasteiger partial charge in [-0.15, -0.1) is 0 Å². The summed E-state index contributed by atoms with van der Waals surface area (Å²) in [5.41, 5.74) is -0.594. The molecule has 0 atom stereocenters. The first-order valence-corrected chi connectivity index (χ1v) is 7.19. The molecule has 2 rings (SSSR count). The molecule has 1 heterocycles. The van der Waals surface area contributed by atoms with E-state index in [2.05, 4.69) is 10.4 Å². The number of aryl methyl sites for hydroxylation is 1. The molecule has 0 bridgehead atoms. The standard InChI is InChI=1S/C14H22N4O3/c1-17-9-6-11(16-17)15-13(21)18(2)14(10-12(19)20)7-4-3-5-8-14/h6,9H,3-5,7-8,10H2,1-2H3,(H,19,20)(H,15,16,21). The summed E-state index contributed by atoms with van der Waals surface area (Å²) in [7, 11) is 3.44. The van der Waals surface area contributed by atoms with E-state index in [1.807, 2.05) is 0 Å². The molecule has 0 saturated heterocycles. The van der Waals surface area contributed by atoms with Gasteiger partial charge < -0.3 is 10.0 Å². The van der Waals surface area contributed by atoms with Gasteiger partial charge in [0.05, 0.1) is 12.0 Å². The third-order valence-corrected chi connectivity index (χ3v) is 4.23. The van der Waals surface area contributed by atoms with E-state index in [-0.39, 0.29) is 12.5 Å². The van der Waals surface area contributed by atoms with Gasteiger partial charge in [0.15, 0.2) is 5.82 Å². The molecule has 1 aliphatic carbocycles. The van der Waals surface area contributed by atoms with Gasteiger partial charge >= 0.3 is 12.0 Å². The number of anilines is 1. The Labute approximate surface area is 123 Å². The van der Waals surface area contributed by atoms with Crippen LogP contribution in [-0.4, -0.2) is 44.4 Å². The lowest BCUT2D eigenvalue weighted by Crippen LogP contribution is -2.53. The van der Waals surface area contributed by atoms with E-state index < -0.39 is 11.5 Å². The first-order valence-electron chi connectivity index (χ1n) is 7.19. The van der Waals surface area contributed by atoms with Gasteiger partial charge in [-0.25, -0.2) is 4.79 Å². The van der Waals surface area contributed by atoms with Crippen LogP contribution < -0.4 is 5.32 Å². The summed E-state index contributed by atoms with van der Waals surface area (Å²) in [6.45, 7) is 0. The number of carboxylic acid groups (broad SMARTS) is 1. The SMILES string of the molecule is CN(C(=O)Nc1ccn(C)n1)C1(CC(=O)O)CCCCC1. The molecule has 7 heteroatoms. The molecule has 1 aliphatic rings. The number of amides is 2. The van der Waals surface area contributed by atoms with Crippen LogP contribution in [0.15, 0.2) is 12.3 Å². The van der Waals surface area contributed by atoms with Crippen LogP contribution in [0.1, 0.15) is 38.5 Å². The van der Waals surface area contributed by atoms with Gasteiger partial charge in [0.2, 0.25) is 0 Å². The van der Waals surface area contributed by atoms with Crippen LogP contribution in [0.3, 0.4) is 0 Å². The van der Waals surface area contributed by atoms with Crippen LogP contribution in [0.5, 0.6) is 0 Å². The highest BCUT2D eigenvalue weighted by atomic mass is 16.4. The van der Waals surface area contributed by atoms with Crippen molar-refractivity contribution in [3.05, 3.63) is 12.3 Å². The Bertz CT molecular complexity index is 520. The third-order valence-electron chi connectivity index (χ3n) is 4.23. The molecule has 116 valence electrons. The minimum absolute atomic E-state index is 0.0147. The molecule has 1 fully saturated rings. The number of rotatable bonds is 4. The van der Waals surface area contributed by atoms with Gasteiger partial charge in [0.1, 0.15) is 0 Å². The van der Waals surface area contributed by atoms with Gasteiger partial charge in [-0.2, -0.15) is 5.10 Å². The Hall–Kier alpha value is -2.05. The lowest BCUT2D eigenvalue weighted by molar-refractivity contribution is -0.140. The van der Waals surface area contributed by atoms with Gasteiger partial charge in [0.25, 0.3) is 0 Å². The molecule has 0 aromatic carbocycles. The Morgan fingerprint density at radius 3 is 2.62 bits per heavy atom. The van der Waals surface area contributed by atoms with Gasteiger partial charge in [-0.05, 0) is 12.8 Å². The van der Waals surface area contributed by atoms with Gasteiger partial charge in [-0.3, -0.25) is 14.8 Å². The molecular weight excluding hydrogens is 272 g/mol. The predicted molar refractivity (Wildman–Crippen MR) is 78.1 cm³/mol. The monoisotopic (exact) mass is 294 g/mol. The molecule has 0 radical (unpaired) electrons. The summed E-state index contributed by atoms with van der Waals surface area (Å²) in [6, 6.07) is 1.40. The molecule has 0 aliphatic heterocycles. The smallest absolute Gasteiger partial charge is 0.323 e. The largest absolute Gasteiger partial charge is 0.481 e. The molecule has 1 saturated carbocycles. The zero-order valence-corrected chi connectivity index (χ0v) is 12.5. The maximum atomic E-state index is 12.4. The fraction of sp³-hybridized carbons (Fsp3) is 0.643. The second kappa shape index (κ2) is 6.15. The zero-order valence-electron chi connectivity index (χ0n) is 12.5. The van der Waals surface area contributed by atoms with Gasteiger partial charge in [-0.1, -0.05) is 19.3 Å². The summed E-state index contributed by atoms with van der Waals surface area (Å²) >= 11 is 0. The number of aliphatic carboxylic acids is 1. The predicted octanol–water partition coefficient (Wildman–Crippen LogP) is 2.06. The quantitative estimate of drug-likeness (QED) is 0.889. The second-order valence-corrected chi connectivity index (χ2v) is 5.72. The minimum atomic E-state index is -0.866. The number of carbonyl (C=O) groups is 2. The molecular formula is C14H22N4O3. The summed E-state index contributed by atoms with van der Waals surface area (Å²) in [6.07, 6.45) is 6.18. The average Bonchev–Trinajstić information content (AvgIpc) is 2.83. The molecule has 0 spiro atoms. The molecule has 2 N–H and O–H groups in total. The van der Waals surface area contributed by atoms with E-state index in [0.29, 0.717) is 5.82 Å². The van der Waals surface area contributed by atoms with Crippen molar-refractivity contribution in [2.75, 3.05) is 12.4 Å². The lowest BCUT2D eigenvalue weighted by atomic mass is 9.78. The number of nitrogens with one attached hydrogen (secondary N) is 1. The fourth-order valence-electron chi connectivity index (χ4n) is 3.01. The van der Waals surface area contributed by atoms with E-state index in [1.165, 1.54) is 0 Å². The third kappa shape index (κ3) is 3.53. The normalized spacial score (nSPS) is 17.2. The Morgan fingerprint density at radius 1 is 1.43 bits per heavy atom. The molecule has 1 aromatic heterocycles. The molecule has 21 heavy (non-hydrogen) atoms. The van der Waals surface area contributed by atoms with Crippen LogP contribution in [-0.2, 0) is 11.8 Å². The molecule has 0 unspecified atom stereocenters.